The number of nitrogens with zero attached hydrogens (tertiary/aromatic N) is 4. The maximum atomic E-state index is 11.9. The second kappa shape index (κ2) is 6.04. The van der Waals surface area contributed by atoms with Gasteiger partial charge in [0.1, 0.15) is 0 Å². The van der Waals surface area contributed by atoms with E-state index in [1.165, 1.54) is 0 Å². The third-order valence-electron chi connectivity index (χ3n) is 4.19. The van der Waals surface area contributed by atoms with Crippen LogP contribution in [0.2, 0.25) is 0 Å². The molecular weight excluding hydrogens is 278 g/mol. The molecule has 1 N–H and O–H groups in total. The molecule has 118 valence electrons. The lowest BCUT2D eigenvalue weighted by atomic mass is 10.1. The van der Waals surface area contributed by atoms with Gasteiger partial charge in [-0.25, -0.2) is 9.67 Å². The number of amides is 1. The first kappa shape index (κ1) is 15.0. The summed E-state index contributed by atoms with van der Waals surface area (Å²) in [5, 5.41) is 8.39. The van der Waals surface area contributed by atoms with Crippen LogP contribution < -0.4 is 5.32 Å². The Morgan fingerprint density at radius 3 is 2.95 bits per heavy atom. The van der Waals surface area contributed by atoms with E-state index in [0.29, 0.717) is 6.04 Å². The molecule has 1 unspecified atom stereocenters. The number of hydrogen-bond donors (Lipinski definition) is 1. The van der Waals surface area contributed by atoms with E-state index in [0.717, 1.165) is 42.7 Å². The molecule has 1 aliphatic heterocycles. The van der Waals surface area contributed by atoms with Crippen LogP contribution in [-0.4, -0.2) is 44.7 Å². The molecule has 3 rings (SSSR count). The number of rotatable bonds is 4. The summed E-state index contributed by atoms with van der Waals surface area (Å²) in [6, 6.07) is 2.39. The molecule has 2 aromatic rings. The quantitative estimate of drug-likeness (QED) is 0.934. The minimum Gasteiger partial charge on any atom is -0.353 e. The van der Waals surface area contributed by atoms with Crippen molar-refractivity contribution in [2.45, 2.75) is 45.8 Å². The van der Waals surface area contributed by atoms with Crippen molar-refractivity contribution in [3.8, 4) is 0 Å². The van der Waals surface area contributed by atoms with E-state index in [2.05, 4.69) is 47.1 Å². The van der Waals surface area contributed by atoms with Gasteiger partial charge >= 0.3 is 0 Å². The largest absolute Gasteiger partial charge is 0.353 e. The normalized spacial score (nSPS) is 19.8. The van der Waals surface area contributed by atoms with E-state index in [4.69, 9.17) is 0 Å². The van der Waals surface area contributed by atoms with Gasteiger partial charge in [-0.05, 0) is 31.9 Å². The molecular formula is C16H23N5O. The van der Waals surface area contributed by atoms with Crippen LogP contribution in [0, 0.1) is 0 Å². The molecule has 0 aromatic carbocycles. The summed E-state index contributed by atoms with van der Waals surface area (Å²) in [5.74, 6) is 0.135. The molecule has 1 amide bonds. The fourth-order valence-corrected chi connectivity index (χ4v) is 3.08. The third kappa shape index (κ3) is 2.70. The average molecular weight is 301 g/mol. The molecule has 0 saturated carbocycles. The van der Waals surface area contributed by atoms with Gasteiger partial charge < -0.3 is 5.32 Å². The van der Waals surface area contributed by atoms with Crippen molar-refractivity contribution >= 4 is 16.9 Å². The number of hydrogen-bond acceptors (Lipinski definition) is 4. The first-order chi connectivity index (χ1) is 10.6. The topological polar surface area (TPSA) is 63.1 Å². The zero-order chi connectivity index (χ0) is 15.7. The predicted octanol–water partition coefficient (Wildman–Crippen LogP) is 1.72. The fraction of sp³-hybridized carbons (Fsp3) is 0.562. The van der Waals surface area contributed by atoms with Crippen LogP contribution in [0.5, 0.6) is 0 Å². The summed E-state index contributed by atoms with van der Waals surface area (Å²) in [7, 11) is 0. The zero-order valence-electron chi connectivity index (χ0n) is 13.4. The number of carbonyl (C=O) groups excluding carboxylic acids is 1. The van der Waals surface area contributed by atoms with Crippen LogP contribution in [-0.2, 0) is 11.3 Å². The Labute approximate surface area is 130 Å². The predicted molar refractivity (Wildman–Crippen MR) is 85.4 cm³/mol. The average Bonchev–Trinajstić information content (AvgIpc) is 2.91. The highest BCUT2D eigenvalue weighted by Gasteiger charge is 2.27. The van der Waals surface area contributed by atoms with Crippen LogP contribution in [0.15, 0.2) is 18.5 Å². The molecule has 0 spiro atoms. The molecule has 1 saturated heterocycles. The van der Waals surface area contributed by atoms with Gasteiger partial charge in [0.25, 0.3) is 0 Å². The van der Waals surface area contributed by atoms with Crippen molar-refractivity contribution in [1.82, 2.24) is 25.0 Å². The molecule has 0 aliphatic carbocycles. The number of carbonyl (C=O) groups is 1. The molecule has 2 aromatic heterocycles. The van der Waals surface area contributed by atoms with Gasteiger partial charge in [-0.15, -0.1) is 0 Å². The number of aromatic nitrogens is 3. The molecule has 1 aliphatic rings. The Morgan fingerprint density at radius 2 is 2.23 bits per heavy atom. The van der Waals surface area contributed by atoms with Crippen LogP contribution >= 0.6 is 0 Å². The SMILES string of the molecule is CCC1C(=O)NCCN1Cc1cnc2c(cnn2C(C)C)c1. The van der Waals surface area contributed by atoms with E-state index in [9.17, 15) is 4.79 Å². The Morgan fingerprint density at radius 1 is 1.41 bits per heavy atom. The van der Waals surface area contributed by atoms with Crippen molar-refractivity contribution in [3.05, 3.63) is 24.0 Å². The summed E-state index contributed by atoms with van der Waals surface area (Å²) in [4.78, 5) is 18.7. The summed E-state index contributed by atoms with van der Waals surface area (Å²) in [5.41, 5.74) is 2.05. The van der Waals surface area contributed by atoms with Gasteiger partial charge in [0, 0.05) is 37.3 Å². The van der Waals surface area contributed by atoms with Gasteiger partial charge in [-0.3, -0.25) is 9.69 Å². The lowest BCUT2D eigenvalue weighted by Gasteiger charge is -2.34. The zero-order valence-corrected chi connectivity index (χ0v) is 13.4. The van der Waals surface area contributed by atoms with Gasteiger partial charge in [-0.2, -0.15) is 5.10 Å². The highest BCUT2D eigenvalue weighted by atomic mass is 16.2. The first-order valence-electron chi connectivity index (χ1n) is 7.94. The van der Waals surface area contributed by atoms with Crippen LogP contribution in [0.25, 0.3) is 11.0 Å². The van der Waals surface area contributed by atoms with Gasteiger partial charge in [0.15, 0.2) is 5.65 Å². The Hall–Kier alpha value is -1.95. The lowest BCUT2D eigenvalue weighted by molar-refractivity contribution is -0.129. The minimum atomic E-state index is -0.0390. The molecule has 1 atom stereocenters. The Bertz CT molecular complexity index is 678. The molecule has 6 heteroatoms. The smallest absolute Gasteiger partial charge is 0.237 e. The Kier molecular flexibility index (Phi) is 4.11. The summed E-state index contributed by atoms with van der Waals surface area (Å²) in [6.07, 6.45) is 4.60. The van der Waals surface area contributed by atoms with Gasteiger partial charge in [0.2, 0.25) is 5.91 Å². The monoisotopic (exact) mass is 301 g/mol. The Balaban J connectivity index is 1.83. The van der Waals surface area contributed by atoms with Crippen LogP contribution in [0.4, 0.5) is 0 Å². The first-order valence-corrected chi connectivity index (χ1v) is 7.94. The highest BCUT2D eigenvalue weighted by molar-refractivity contribution is 5.82. The fourth-order valence-electron chi connectivity index (χ4n) is 3.08. The van der Waals surface area contributed by atoms with Crippen molar-refractivity contribution in [2.24, 2.45) is 0 Å². The standard InChI is InChI=1S/C16H23N5O/c1-4-14-16(22)17-5-6-20(14)10-12-7-13-9-19-21(11(2)3)15(13)18-8-12/h7-9,11,14H,4-6,10H2,1-3H3,(H,17,22). The summed E-state index contributed by atoms with van der Waals surface area (Å²) >= 11 is 0. The molecule has 3 heterocycles. The third-order valence-corrected chi connectivity index (χ3v) is 4.19. The molecule has 0 bridgehead atoms. The van der Waals surface area contributed by atoms with E-state index < -0.39 is 0 Å². The van der Waals surface area contributed by atoms with Gasteiger partial charge in [-0.1, -0.05) is 6.92 Å². The van der Waals surface area contributed by atoms with E-state index in [1.807, 2.05) is 17.1 Å². The molecule has 1 fully saturated rings. The van der Waals surface area contributed by atoms with Gasteiger partial charge in [0.05, 0.1) is 12.2 Å². The van der Waals surface area contributed by atoms with Crippen molar-refractivity contribution in [2.75, 3.05) is 13.1 Å². The number of nitrogens with one attached hydrogen (secondary N) is 1. The molecule has 22 heavy (non-hydrogen) atoms. The summed E-state index contributed by atoms with van der Waals surface area (Å²) < 4.78 is 1.93. The van der Waals surface area contributed by atoms with E-state index in [-0.39, 0.29) is 11.9 Å². The van der Waals surface area contributed by atoms with Crippen molar-refractivity contribution < 1.29 is 4.79 Å². The van der Waals surface area contributed by atoms with Crippen molar-refractivity contribution in [3.63, 3.8) is 0 Å². The second-order valence-corrected chi connectivity index (χ2v) is 6.12. The van der Waals surface area contributed by atoms with Crippen LogP contribution in [0.1, 0.15) is 38.8 Å². The lowest BCUT2D eigenvalue weighted by Crippen LogP contribution is -2.54. The summed E-state index contributed by atoms with van der Waals surface area (Å²) in [6.45, 7) is 8.60. The maximum absolute atomic E-state index is 11.9. The molecule has 0 radical (unpaired) electrons. The highest BCUT2D eigenvalue weighted by Crippen LogP contribution is 2.19. The maximum Gasteiger partial charge on any atom is 0.237 e. The second-order valence-electron chi connectivity index (χ2n) is 6.12. The van der Waals surface area contributed by atoms with E-state index in [1.54, 1.807) is 0 Å². The van der Waals surface area contributed by atoms with Crippen LogP contribution in [0.3, 0.4) is 0 Å². The minimum absolute atomic E-state index is 0.0390. The number of piperazine rings is 1. The van der Waals surface area contributed by atoms with Crippen molar-refractivity contribution in [1.29, 1.82) is 0 Å². The number of pyridine rings is 1. The molecule has 6 nitrogen and oxygen atoms in total. The number of fused-ring (bicyclic) bond motifs is 1. The van der Waals surface area contributed by atoms with E-state index >= 15 is 0 Å².